The number of nitrogen functional groups attached to an aromatic ring is 1. The highest BCUT2D eigenvalue weighted by molar-refractivity contribution is 5.44. The zero-order valence-electron chi connectivity index (χ0n) is 10.4. The van der Waals surface area contributed by atoms with Crippen LogP contribution in [0.1, 0.15) is 5.69 Å². The smallest absolute Gasteiger partial charge is 0.439 e. The van der Waals surface area contributed by atoms with Gasteiger partial charge in [0.15, 0.2) is 0 Å². The molecule has 106 valence electrons. The standard InChI is InChI=1S/C13H11F3N2O2/c1-8-11(17)5-6-12(18-8)19-9-3-2-4-10(7-9)20-13(14,15)16/h2-7H,17H2,1H3. The van der Waals surface area contributed by atoms with Crippen LogP contribution < -0.4 is 15.2 Å². The average molecular weight is 284 g/mol. The van der Waals surface area contributed by atoms with Gasteiger partial charge in [-0.25, -0.2) is 4.98 Å². The molecule has 20 heavy (non-hydrogen) atoms. The molecule has 0 bridgehead atoms. The molecular formula is C13H11F3N2O2. The number of aryl methyl sites for hydroxylation is 1. The predicted octanol–water partition coefficient (Wildman–Crippen LogP) is 3.66. The third kappa shape index (κ3) is 3.78. The van der Waals surface area contributed by atoms with Crippen molar-refractivity contribution in [2.45, 2.75) is 13.3 Å². The minimum atomic E-state index is -4.74. The van der Waals surface area contributed by atoms with Crippen LogP contribution in [-0.4, -0.2) is 11.3 Å². The summed E-state index contributed by atoms with van der Waals surface area (Å²) in [6.45, 7) is 1.70. The van der Waals surface area contributed by atoms with E-state index in [2.05, 4.69) is 9.72 Å². The number of hydrogen-bond donors (Lipinski definition) is 1. The molecule has 0 amide bonds. The van der Waals surface area contributed by atoms with Gasteiger partial charge in [-0.15, -0.1) is 13.2 Å². The van der Waals surface area contributed by atoms with Crippen LogP contribution in [0.3, 0.4) is 0 Å². The molecule has 0 aliphatic heterocycles. The Labute approximate surface area is 113 Å². The van der Waals surface area contributed by atoms with Crippen LogP contribution in [0.25, 0.3) is 0 Å². The minimum Gasteiger partial charge on any atom is -0.439 e. The highest BCUT2D eigenvalue weighted by atomic mass is 19.4. The van der Waals surface area contributed by atoms with Crippen LogP contribution in [0, 0.1) is 6.92 Å². The van der Waals surface area contributed by atoms with Gasteiger partial charge in [0.25, 0.3) is 0 Å². The second kappa shape index (κ2) is 5.28. The van der Waals surface area contributed by atoms with Gasteiger partial charge in [-0.3, -0.25) is 0 Å². The maximum atomic E-state index is 12.1. The second-order valence-corrected chi connectivity index (χ2v) is 3.95. The number of hydrogen-bond acceptors (Lipinski definition) is 4. The number of anilines is 1. The molecule has 2 rings (SSSR count). The second-order valence-electron chi connectivity index (χ2n) is 3.95. The van der Waals surface area contributed by atoms with E-state index in [9.17, 15) is 13.2 Å². The number of benzene rings is 1. The molecule has 0 radical (unpaired) electrons. The summed E-state index contributed by atoms with van der Waals surface area (Å²) in [6.07, 6.45) is -4.74. The van der Waals surface area contributed by atoms with Gasteiger partial charge in [0, 0.05) is 12.1 Å². The highest BCUT2D eigenvalue weighted by Crippen LogP contribution is 2.28. The number of rotatable bonds is 3. The Bertz CT molecular complexity index is 615. The van der Waals surface area contributed by atoms with E-state index in [1.54, 1.807) is 13.0 Å². The Morgan fingerprint density at radius 2 is 1.80 bits per heavy atom. The fourth-order valence-corrected chi connectivity index (χ4v) is 1.46. The lowest BCUT2D eigenvalue weighted by molar-refractivity contribution is -0.274. The first-order valence-electron chi connectivity index (χ1n) is 5.60. The summed E-state index contributed by atoms with van der Waals surface area (Å²) in [6, 6.07) is 8.33. The summed E-state index contributed by atoms with van der Waals surface area (Å²) in [7, 11) is 0. The number of nitrogens with two attached hydrogens (primary N) is 1. The summed E-state index contributed by atoms with van der Waals surface area (Å²) in [4.78, 5) is 4.06. The molecule has 0 aliphatic rings. The SMILES string of the molecule is Cc1nc(Oc2cccc(OC(F)(F)F)c2)ccc1N. The van der Waals surface area contributed by atoms with Crippen molar-refractivity contribution in [2.24, 2.45) is 0 Å². The molecule has 2 N–H and O–H groups in total. The fraction of sp³-hybridized carbons (Fsp3) is 0.154. The Morgan fingerprint density at radius 3 is 2.45 bits per heavy atom. The first kappa shape index (κ1) is 14.0. The van der Waals surface area contributed by atoms with Crippen LogP contribution in [0.5, 0.6) is 17.4 Å². The quantitative estimate of drug-likeness (QED) is 0.934. The van der Waals surface area contributed by atoms with Crippen molar-refractivity contribution in [1.82, 2.24) is 4.98 Å². The normalized spacial score (nSPS) is 11.2. The van der Waals surface area contributed by atoms with E-state index in [1.165, 1.54) is 24.3 Å². The molecule has 0 unspecified atom stereocenters. The Kier molecular flexibility index (Phi) is 3.69. The van der Waals surface area contributed by atoms with Crippen molar-refractivity contribution in [2.75, 3.05) is 5.73 Å². The fourth-order valence-electron chi connectivity index (χ4n) is 1.46. The van der Waals surface area contributed by atoms with Gasteiger partial charge >= 0.3 is 6.36 Å². The third-order valence-corrected chi connectivity index (χ3v) is 2.36. The molecule has 0 saturated carbocycles. The molecule has 0 atom stereocenters. The first-order chi connectivity index (χ1) is 9.33. The maximum Gasteiger partial charge on any atom is 0.573 e. The van der Waals surface area contributed by atoms with Crippen molar-refractivity contribution in [3.63, 3.8) is 0 Å². The summed E-state index contributed by atoms with van der Waals surface area (Å²) in [5.41, 5.74) is 6.69. The maximum absolute atomic E-state index is 12.1. The molecule has 4 nitrogen and oxygen atoms in total. The lowest BCUT2D eigenvalue weighted by Crippen LogP contribution is -2.17. The zero-order chi connectivity index (χ0) is 14.8. The average Bonchev–Trinajstić information content (AvgIpc) is 2.32. The van der Waals surface area contributed by atoms with Crippen molar-refractivity contribution >= 4 is 5.69 Å². The van der Waals surface area contributed by atoms with Gasteiger partial charge in [0.2, 0.25) is 5.88 Å². The largest absolute Gasteiger partial charge is 0.573 e. The van der Waals surface area contributed by atoms with Gasteiger partial charge in [0.05, 0.1) is 11.4 Å². The number of ether oxygens (including phenoxy) is 2. The van der Waals surface area contributed by atoms with Crippen LogP contribution in [0.15, 0.2) is 36.4 Å². The van der Waals surface area contributed by atoms with Crippen LogP contribution in [0.4, 0.5) is 18.9 Å². The number of aromatic nitrogens is 1. The first-order valence-corrected chi connectivity index (χ1v) is 5.60. The molecule has 1 aromatic heterocycles. The van der Waals surface area contributed by atoms with E-state index in [4.69, 9.17) is 10.5 Å². The van der Waals surface area contributed by atoms with Gasteiger partial charge in [0.1, 0.15) is 11.5 Å². The number of halogens is 3. The van der Waals surface area contributed by atoms with Crippen LogP contribution in [-0.2, 0) is 0 Å². The van der Waals surface area contributed by atoms with Crippen molar-refractivity contribution in [3.05, 3.63) is 42.1 Å². The molecular weight excluding hydrogens is 273 g/mol. The zero-order valence-corrected chi connectivity index (χ0v) is 10.4. The predicted molar refractivity (Wildman–Crippen MR) is 66.6 cm³/mol. The van der Waals surface area contributed by atoms with E-state index in [1.807, 2.05) is 0 Å². The molecule has 2 aromatic rings. The monoisotopic (exact) mass is 284 g/mol. The van der Waals surface area contributed by atoms with Gasteiger partial charge in [-0.2, -0.15) is 0 Å². The minimum absolute atomic E-state index is 0.184. The molecule has 0 spiro atoms. The molecule has 1 aromatic carbocycles. The van der Waals surface area contributed by atoms with Gasteiger partial charge in [-0.05, 0) is 25.1 Å². The van der Waals surface area contributed by atoms with E-state index in [0.717, 1.165) is 6.07 Å². The Hall–Kier alpha value is -2.44. The molecule has 0 fully saturated rings. The van der Waals surface area contributed by atoms with E-state index >= 15 is 0 Å². The highest BCUT2D eigenvalue weighted by Gasteiger charge is 2.31. The topological polar surface area (TPSA) is 57.4 Å². The number of alkyl halides is 3. The molecule has 7 heteroatoms. The lowest BCUT2D eigenvalue weighted by atomic mass is 10.3. The lowest BCUT2D eigenvalue weighted by Gasteiger charge is -2.10. The van der Waals surface area contributed by atoms with Crippen LogP contribution >= 0.6 is 0 Å². The Morgan fingerprint density at radius 1 is 1.10 bits per heavy atom. The van der Waals surface area contributed by atoms with E-state index < -0.39 is 6.36 Å². The molecule has 0 saturated heterocycles. The summed E-state index contributed by atoms with van der Waals surface area (Å²) < 4.78 is 45.5. The van der Waals surface area contributed by atoms with E-state index in [-0.39, 0.29) is 17.4 Å². The molecule has 1 heterocycles. The summed E-state index contributed by atoms with van der Waals surface area (Å²) in [5, 5.41) is 0. The van der Waals surface area contributed by atoms with Crippen molar-refractivity contribution in [3.8, 4) is 17.4 Å². The number of pyridine rings is 1. The summed E-state index contributed by atoms with van der Waals surface area (Å²) >= 11 is 0. The van der Waals surface area contributed by atoms with E-state index in [0.29, 0.717) is 11.4 Å². The third-order valence-electron chi connectivity index (χ3n) is 2.36. The summed E-state index contributed by atoms with van der Waals surface area (Å²) in [5.74, 6) is 0.0615. The van der Waals surface area contributed by atoms with Crippen LogP contribution in [0.2, 0.25) is 0 Å². The van der Waals surface area contributed by atoms with Gasteiger partial charge < -0.3 is 15.2 Å². The van der Waals surface area contributed by atoms with Gasteiger partial charge in [-0.1, -0.05) is 6.07 Å². The molecule has 0 aliphatic carbocycles. The van der Waals surface area contributed by atoms with Crippen molar-refractivity contribution < 1.29 is 22.6 Å². The number of nitrogens with zero attached hydrogens (tertiary/aromatic N) is 1. The Balaban J connectivity index is 2.17. The van der Waals surface area contributed by atoms with Crippen molar-refractivity contribution in [1.29, 1.82) is 0 Å².